The largest absolute Gasteiger partial charge is 0.467 e. The molecule has 2 aliphatic rings. The van der Waals surface area contributed by atoms with Crippen LogP contribution in [0.1, 0.15) is 58.7 Å². The van der Waals surface area contributed by atoms with Gasteiger partial charge in [0.25, 0.3) is 5.91 Å². The first kappa shape index (κ1) is 27.0. The summed E-state index contributed by atoms with van der Waals surface area (Å²) >= 11 is 1.43. The van der Waals surface area contributed by atoms with Gasteiger partial charge in [0.15, 0.2) is 12.7 Å². The minimum atomic E-state index is -4.65. The van der Waals surface area contributed by atoms with E-state index in [-0.39, 0.29) is 17.9 Å². The summed E-state index contributed by atoms with van der Waals surface area (Å²) < 4.78 is 73.2. The quantitative estimate of drug-likeness (QED) is 0.353. The molecular weight excluding hydrogens is 543 g/mol. The average Bonchev–Trinajstić information content (AvgIpc) is 3.58. The predicted molar refractivity (Wildman–Crippen MR) is 131 cm³/mol. The van der Waals surface area contributed by atoms with Gasteiger partial charge < -0.3 is 14.5 Å². The molecule has 206 valence electrons. The molecule has 7 nitrogen and oxygen atoms in total. The van der Waals surface area contributed by atoms with Crippen molar-refractivity contribution >= 4 is 23.0 Å². The van der Waals surface area contributed by atoms with Crippen molar-refractivity contribution in [2.24, 2.45) is 5.16 Å². The maximum atomic E-state index is 14.1. The number of carbonyl (C=O) groups excluding carboxylic acids is 1. The normalized spacial score (nSPS) is 18.2. The number of halogens is 5. The maximum absolute atomic E-state index is 14.1. The minimum absolute atomic E-state index is 0.0760. The second-order valence-electron chi connectivity index (χ2n) is 9.35. The van der Waals surface area contributed by atoms with Crippen LogP contribution in [0.4, 0.5) is 22.0 Å². The van der Waals surface area contributed by atoms with Gasteiger partial charge in [-0.15, -0.1) is 11.3 Å². The lowest BCUT2D eigenvalue weighted by Gasteiger charge is -2.31. The number of ether oxygens (including phenoxy) is 1. The van der Waals surface area contributed by atoms with Crippen LogP contribution in [0.3, 0.4) is 0 Å². The van der Waals surface area contributed by atoms with Crippen LogP contribution in [0.25, 0.3) is 0 Å². The average molecular weight is 567 g/mol. The number of pyridine rings is 1. The molecule has 0 radical (unpaired) electrons. The van der Waals surface area contributed by atoms with E-state index in [0.717, 1.165) is 11.1 Å². The third-order valence-electron chi connectivity index (χ3n) is 6.63. The Morgan fingerprint density at radius 3 is 2.62 bits per heavy atom. The fraction of sp³-hybridized carbons (Fsp3) is 0.385. The zero-order chi connectivity index (χ0) is 27.7. The summed E-state index contributed by atoms with van der Waals surface area (Å²) in [5.41, 5.74) is 0.224. The Kier molecular flexibility index (Phi) is 7.52. The lowest BCUT2D eigenvalue weighted by atomic mass is 9.97. The molecular formula is C26H23F5N4O3S. The van der Waals surface area contributed by atoms with Gasteiger partial charge in [-0.25, -0.2) is 18.7 Å². The maximum Gasteiger partial charge on any atom is 0.421 e. The van der Waals surface area contributed by atoms with E-state index >= 15 is 0 Å². The number of carbonyl (C=O) groups is 1. The van der Waals surface area contributed by atoms with Crippen molar-refractivity contribution in [1.29, 1.82) is 0 Å². The first-order valence-corrected chi connectivity index (χ1v) is 13.0. The van der Waals surface area contributed by atoms with Gasteiger partial charge in [-0.3, -0.25) is 4.79 Å². The summed E-state index contributed by atoms with van der Waals surface area (Å²) in [6.07, 6.45) is -2.86. The molecule has 1 fully saturated rings. The molecule has 4 heterocycles. The summed E-state index contributed by atoms with van der Waals surface area (Å²) in [6, 6.07) is 4.56. The fourth-order valence-electron chi connectivity index (χ4n) is 4.58. The molecule has 13 heteroatoms. The summed E-state index contributed by atoms with van der Waals surface area (Å²) in [4.78, 5) is 27.8. The van der Waals surface area contributed by atoms with Crippen LogP contribution in [0, 0.1) is 18.6 Å². The molecule has 1 atom stereocenters. The molecule has 2 aromatic heterocycles. The van der Waals surface area contributed by atoms with Crippen LogP contribution in [-0.4, -0.2) is 46.2 Å². The number of hydrogen-bond acceptors (Lipinski definition) is 7. The molecule has 2 aliphatic heterocycles. The molecule has 1 amide bonds. The Morgan fingerprint density at radius 2 is 1.92 bits per heavy atom. The summed E-state index contributed by atoms with van der Waals surface area (Å²) in [7, 11) is 0. The number of rotatable bonds is 6. The van der Waals surface area contributed by atoms with Crippen molar-refractivity contribution in [3.8, 4) is 5.88 Å². The lowest BCUT2D eigenvalue weighted by Crippen LogP contribution is -2.40. The molecule has 0 N–H and O–H groups in total. The van der Waals surface area contributed by atoms with Gasteiger partial charge in [-0.2, -0.15) is 13.2 Å². The van der Waals surface area contributed by atoms with E-state index in [1.165, 1.54) is 42.7 Å². The van der Waals surface area contributed by atoms with Crippen LogP contribution < -0.4 is 4.74 Å². The molecule has 1 unspecified atom stereocenters. The van der Waals surface area contributed by atoms with Gasteiger partial charge in [-0.1, -0.05) is 11.2 Å². The summed E-state index contributed by atoms with van der Waals surface area (Å²) in [5.74, 6) is -2.36. The molecule has 1 saturated heterocycles. The first-order valence-electron chi connectivity index (χ1n) is 12.2. The van der Waals surface area contributed by atoms with E-state index in [0.29, 0.717) is 42.9 Å². The number of piperidine rings is 1. The van der Waals surface area contributed by atoms with Gasteiger partial charge in [0, 0.05) is 37.0 Å². The third-order valence-corrected chi connectivity index (χ3v) is 7.64. The number of likely N-dealkylation sites (tertiary alicyclic amines) is 1. The molecule has 0 spiro atoms. The number of aryl methyl sites for hydroxylation is 1. The second kappa shape index (κ2) is 10.9. The van der Waals surface area contributed by atoms with Gasteiger partial charge >= 0.3 is 6.18 Å². The number of benzene rings is 1. The first-order chi connectivity index (χ1) is 18.6. The highest BCUT2D eigenvalue weighted by atomic mass is 32.1. The predicted octanol–water partition coefficient (Wildman–Crippen LogP) is 5.79. The summed E-state index contributed by atoms with van der Waals surface area (Å²) in [5, 5.41) is 6.65. The minimum Gasteiger partial charge on any atom is -0.467 e. The topological polar surface area (TPSA) is 76.9 Å². The standard InChI is InChI=1S/C26H23F5N4O3S/c1-14-9-16(26(29,30)31)24(32-11-14)37-12-22(36)35-7-5-15(6-8-35)25-33-20(13-39-25)19-10-21(38-34-19)23-17(27)3-2-4-18(23)28/h2-4,9,11,13,15,21H,5-8,10,12H2,1H3. The number of aromatic nitrogens is 2. The van der Waals surface area contributed by atoms with Crippen molar-refractivity contribution in [2.45, 2.75) is 44.4 Å². The van der Waals surface area contributed by atoms with E-state index in [1.54, 1.807) is 4.90 Å². The van der Waals surface area contributed by atoms with Crippen molar-refractivity contribution in [2.75, 3.05) is 19.7 Å². The highest BCUT2D eigenvalue weighted by Gasteiger charge is 2.36. The van der Waals surface area contributed by atoms with Gasteiger partial charge in [0.05, 0.1) is 16.3 Å². The lowest BCUT2D eigenvalue weighted by molar-refractivity contribution is -0.141. The highest BCUT2D eigenvalue weighted by Crippen LogP contribution is 2.37. The number of hydrogen-bond donors (Lipinski definition) is 0. The highest BCUT2D eigenvalue weighted by molar-refractivity contribution is 7.10. The van der Waals surface area contributed by atoms with Crippen LogP contribution >= 0.6 is 11.3 Å². The molecule has 5 rings (SSSR count). The molecule has 3 aromatic rings. The van der Waals surface area contributed by atoms with Gasteiger partial charge in [-0.05, 0) is 43.5 Å². The fourth-order valence-corrected chi connectivity index (χ4v) is 5.58. The van der Waals surface area contributed by atoms with Crippen LogP contribution in [0.2, 0.25) is 0 Å². The van der Waals surface area contributed by atoms with Gasteiger partial charge in [0.1, 0.15) is 22.9 Å². The Hall–Kier alpha value is -3.61. The third kappa shape index (κ3) is 5.87. The zero-order valence-corrected chi connectivity index (χ0v) is 21.5. The number of alkyl halides is 3. The number of nitrogens with zero attached hydrogens (tertiary/aromatic N) is 4. The molecule has 0 saturated carbocycles. The Labute approximate surface area is 224 Å². The Morgan fingerprint density at radius 1 is 1.21 bits per heavy atom. The number of oxime groups is 1. The Balaban J connectivity index is 1.14. The second-order valence-corrected chi connectivity index (χ2v) is 10.2. The Bertz CT molecular complexity index is 1380. The van der Waals surface area contributed by atoms with E-state index in [2.05, 4.69) is 15.1 Å². The summed E-state index contributed by atoms with van der Waals surface area (Å²) in [6.45, 7) is 1.74. The van der Waals surface area contributed by atoms with Crippen molar-refractivity contribution in [1.82, 2.24) is 14.9 Å². The van der Waals surface area contributed by atoms with Crippen molar-refractivity contribution < 1.29 is 36.3 Å². The smallest absolute Gasteiger partial charge is 0.421 e. The van der Waals surface area contributed by atoms with E-state index in [4.69, 9.17) is 9.57 Å². The van der Waals surface area contributed by atoms with Crippen LogP contribution in [0.15, 0.2) is 41.0 Å². The van der Waals surface area contributed by atoms with E-state index in [1.807, 2.05) is 5.38 Å². The molecule has 1 aromatic carbocycles. The SMILES string of the molecule is Cc1cnc(OCC(=O)N2CCC(c3nc(C4=NOC(c5c(F)cccc5F)C4)cs3)CC2)c(C(F)(F)F)c1. The molecule has 39 heavy (non-hydrogen) atoms. The van der Waals surface area contributed by atoms with Crippen LogP contribution in [0.5, 0.6) is 5.88 Å². The zero-order valence-electron chi connectivity index (χ0n) is 20.7. The number of amides is 1. The monoisotopic (exact) mass is 566 g/mol. The molecule has 0 aliphatic carbocycles. The van der Waals surface area contributed by atoms with Gasteiger partial charge in [0.2, 0.25) is 5.88 Å². The van der Waals surface area contributed by atoms with E-state index < -0.39 is 47.9 Å². The van der Waals surface area contributed by atoms with Crippen molar-refractivity contribution in [3.05, 3.63) is 74.9 Å². The van der Waals surface area contributed by atoms with Crippen molar-refractivity contribution in [3.63, 3.8) is 0 Å². The molecule has 0 bridgehead atoms. The van der Waals surface area contributed by atoms with Crippen LogP contribution in [-0.2, 0) is 15.8 Å². The van der Waals surface area contributed by atoms with E-state index in [9.17, 15) is 26.7 Å². The number of thiazole rings is 1.